The first-order valence-electron chi connectivity index (χ1n) is 8.96. The fourth-order valence-electron chi connectivity index (χ4n) is 3.35. The standard InChI is InChI=1S/C21H22N2O4/c24-19(13-22-20(25)17-6-2-1-3-7-17)23-10-9-16(14-23)11-15-5-4-8-18(12-15)21(26)27/h1-8,12,16H,9-11,13-14H2,(H,22,25)(H,26,27). The highest BCUT2D eigenvalue weighted by atomic mass is 16.4. The molecule has 2 amide bonds. The third-order valence-corrected chi connectivity index (χ3v) is 4.77. The highest BCUT2D eigenvalue weighted by Crippen LogP contribution is 2.21. The summed E-state index contributed by atoms with van der Waals surface area (Å²) in [6.07, 6.45) is 1.61. The lowest BCUT2D eigenvalue weighted by atomic mass is 9.97. The van der Waals surface area contributed by atoms with E-state index in [2.05, 4.69) is 5.32 Å². The predicted molar refractivity (Wildman–Crippen MR) is 101 cm³/mol. The van der Waals surface area contributed by atoms with Crippen LogP contribution in [0.2, 0.25) is 0 Å². The second-order valence-electron chi connectivity index (χ2n) is 6.75. The number of rotatable bonds is 6. The second-order valence-corrected chi connectivity index (χ2v) is 6.75. The van der Waals surface area contributed by atoms with Crippen LogP contribution in [0.1, 0.15) is 32.7 Å². The first kappa shape index (κ1) is 18.6. The molecule has 0 bridgehead atoms. The van der Waals surface area contributed by atoms with Crippen molar-refractivity contribution in [3.05, 3.63) is 71.3 Å². The average Bonchev–Trinajstić information content (AvgIpc) is 3.15. The Morgan fingerprint density at radius 3 is 2.52 bits per heavy atom. The van der Waals surface area contributed by atoms with E-state index in [9.17, 15) is 14.4 Å². The minimum atomic E-state index is -0.936. The van der Waals surface area contributed by atoms with E-state index in [4.69, 9.17) is 5.11 Å². The minimum absolute atomic E-state index is 0.0189. The van der Waals surface area contributed by atoms with Crippen molar-refractivity contribution in [3.63, 3.8) is 0 Å². The van der Waals surface area contributed by atoms with Crippen LogP contribution in [0.4, 0.5) is 0 Å². The molecule has 2 aromatic carbocycles. The Hall–Kier alpha value is -3.15. The molecule has 1 atom stereocenters. The van der Waals surface area contributed by atoms with Crippen LogP contribution in [0.15, 0.2) is 54.6 Å². The van der Waals surface area contributed by atoms with Crippen LogP contribution < -0.4 is 5.32 Å². The third-order valence-electron chi connectivity index (χ3n) is 4.77. The van der Waals surface area contributed by atoms with Gasteiger partial charge in [0.15, 0.2) is 0 Å². The lowest BCUT2D eigenvalue weighted by Gasteiger charge is -2.17. The SMILES string of the molecule is O=C(O)c1cccc(CC2CCN(C(=O)CNC(=O)c3ccccc3)C2)c1. The molecule has 1 aliphatic rings. The zero-order chi connectivity index (χ0) is 19.2. The number of benzene rings is 2. The van der Waals surface area contributed by atoms with Crippen LogP contribution in [0, 0.1) is 5.92 Å². The van der Waals surface area contributed by atoms with Crippen molar-refractivity contribution < 1.29 is 19.5 Å². The van der Waals surface area contributed by atoms with Gasteiger partial charge >= 0.3 is 5.97 Å². The summed E-state index contributed by atoms with van der Waals surface area (Å²) in [4.78, 5) is 37.2. The number of carboxylic acids is 1. The average molecular weight is 366 g/mol. The molecule has 0 spiro atoms. The molecule has 0 radical (unpaired) electrons. The van der Waals surface area contributed by atoms with Gasteiger partial charge in [-0.2, -0.15) is 0 Å². The van der Waals surface area contributed by atoms with Crippen LogP contribution in [-0.4, -0.2) is 47.4 Å². The van der Waals surface area contributed by atoms with E-state index in [1.165, 1.54) is 0 Å². The maximum Gasteiger partial charge on any atom is 0.335 e. The van der Waals surface area contributed by atoms with E-state index in [-0.39, 0.29) is 23.9 Å². The molecule has 1 saturated heterocycles. The summed E-state index contributed by atoms with van der Waals surface area (Å²) < 4.78 is 0. The van der Waals surface area contributed by atoms with Gasteiger partial charge in [-0.05, 0) is 48.6 Å². The van der Waals surface area contributed by atoms with E-state index in [0.717, 1.165) is 18.4 Å². The molecule has 0 aliphatic carbocycles. The summed E-state index contributed by atoms with van der Waals surface area (Å²) in [5.74, 6) is -0.997. The summed E-state index contributed by atoms with van der Waals surface area (Å²) in [6, 6.07) is 15.7. The normalized spacial score (nSPS) is 16.1. The van der Waals surface area contributed by atoms with Crippen molar-refractivity contribution in [2.24, 2.45) is 5.92 Å². The Bertz CT molecular complexity index is 835. The molecule has 0 aromatic heterocycles. The Kier molecular flexibility index (Phi) is 5.86. The topological polar surface area (TPSA) is 86.7 Å². The van der Waals surface area contributed by atoms with Gasteiger partial charge in [0.2, 0.25) is 5.91 Å². The number of carbonyl (C=O) groups excluding carboxylic acids is 2. The van der Waals surface area contributed by atoms with E-state index < -0.39 is 5.97 Å². The number of nitrogens with one attached hydrogen (secondary N) is 1. The van der Waals surface area contributed by atoms with Crippen LogP contribution >= 0.6 is 0 Å². The summed E-state index contributed by atoms with van der Waals surface area (Å²) in [6.45, 7) is 1.26. The maximum atomic E-state index is 12.4. The highest BCUT2D eigenvalue weighted by molar-refractivity contribution is 5.96. The molecule has 1 heterocycles. The molecule has 2 aromatic rings. The van der Waals surface area contributed by atoms with Crippen LogP contribution in [0.25, 0.3) is 0 Å². The van der Waals surface area contributed by atoms with Crippen molar-refractivity contribution >= 4 is 17.8 Å². The van der Waals surface area contributed by atoms with Gasteiger partial charge in [0.1, 0.15) is 0 Å². The smallest absolute Gasteiger partial charge is 0.335 e. The molecule has 1 unspecified atom stereocenters. The van der Waals surface area contributed by atoms with Gasteiger partial charge in [0.05, 0.1) is 12.1 Å². The van der Waals surface area contributed by atoms with Crippen molar-refractivity contribution in [1.82, 2.24) is 10.2 Å². The number of likely N-dealkylation sites (tertiary alicyclic amines) is 1. The monoisotopic (exact) mass is 366 g/mol. The van der Waals surface area contributed by atoms with E-state index in [0.29, 0.717) is 24.6 Å². The zero-order valence-electron chi connectivity index (χ0n) is 14.9. The van der Waals surface area contributed by atoms with E-state index >= 15 is 0 Å². The van der Waals surface area contributed by atoms with Gasteiger partial charge in [0, 0.05) is 18.7 Å². The fourth-order valence-corrected chi connectivity index (χ4v) is 3.35. The number of nitrogens with zero attached hydrogens (tertiary/aromatic N) is 1. The lowest BCUT2D eigenvalue weighted by molar-refractivity contribution is -0.129. The first-order chi connectivity index (χ1) is 13.0. The minimum Gasteiger partial charge on any atom is -0.478 e. The fraction of sp³-hybridized carbons (Fsp3) is 0.286. The Labute approximate surface area is 157 Å². The van der Waals surface area contributed by atoms with E-state index in [1.807, 2.05) is 12.1 Å². The van der Waals surface area contributed by atoms with Crippen LogP contribution in [-0.2, 0) is 11.2 Å². The largest absolute Gasteiger partial charge is 0.478 e. The molecule has 1 aliphatic heterocycles. The van der Waals surface area contributed by atoms with Crippen molar-refractivity contribution in [3.8, 4) is 0 Å². The summed E-state index contributed by atoms with van der Waals surface area (Å²) in [5, 5.41) is 11.7. The van der Waals surface area contributed by atoms with Crippen molar-refractivity contribution in [2.45, 2.75) is 12.8 Å². The van der Waals surface area contributed by atoms with Gasteiger partial charge in [-0.25, -0.2) is 4.79 Å². The van der Waals surface area contributed by atoms with Crippen LogP contribution in [0.3, 0.4) is 0 Å². The van der Waals surface area contributed by atoms with E-state index in [1.54, 1.807) is 47.4 Å². The molecular weight excluding hydrogens is 344 g/mol. The molecule has 27 heavy (non-hydrogen) atoms. The van der Waals surface area contributed by atoms with Crippen molar-refractivity contribution in [2.75, 3.05) is 19.6 Å². The molecule has 6 nitrogen and oxygen atoms in total. The number of hydrogen-bond acceptors (Lipinski definition) is 3. The summed E-state index contributed by atoms with van der Waals surface area (Å²) in [5.41, 5.74) is 1.77. The number of hydrogen-bond donors (Lipinski definition) is 2. The van der Waals surface area contributed by atoms with Crippen LogP contribution in [0.5, 0.6) is 0 Å². The van der Waals surface area contributed by atoms with Gasteiger partial charge in [-0.15, -0.1) is 0 Å². The number of aromatic carboxylic acids is 1. The second kappa shape index (κ2) is 8.49. The number of amides is 2. The summed E-state index contributed by atoms with van der Waals surface area (Å²) in [7, 11) is 0. The summed E-state index contributed by atoms with van der Waals surface area (Å²) >= 11 is 0. The number of carbonyl (C=O) groups is 3. The third kappa shape index (κ3) is 4.94. The number of carboxylic acid groups (broad SMARTS) is 1. The lowest BCUT2D eigenvalue weighted by Crippen LogP contribution is -2.39. The highest BCUT2D eigenvalue weighted by Gasteiger charge is 2.26. The quantitative estimate of drug-likeness (QED) is 0.821. The molecule has 140 valence electrons. The zero-order valence-corrected chi connectivity index (χ0v) is 14.9. The van der Waals surface area contributed by atoms with Gasteiger partial charge in [-0.1, -0.05) is 30.3 Å². The molecular formula is C21H22N2O4. The van der Waals surface area contributed by atoms with Gasteiger partial charge in [0.25, 0.3) is 5.91 Å². The maximum absolute atomic E-state index is 12.4. The predicted octanol–water partition coefficient (Wildman–Crippen LogP) is 2.21. The molecule has 3 rings (SSSR count). The molecule has 0 saturated carbocycles. The molecule has 2 N–H and O–H groups in total. The Balaban J connectivity index is 1.49. The van der Waals surface area contributed by atoms with Gasteiger partial charge in [-0.3, -0.25) is 9.59 Å². The Morgan fingerprint density at radius 2 is 1.78 bits per heavy atom. The molecule has 1 fully saturated rings. The Morgan fingerprint density at radius 1 is 1.04 bits per heavy atom. The first-order valence-corrected chi connectivity index (χ1v) is 8.96. The van der Waals surface area contributed by atoms with Crippen molar-refractivity contribution in [1.29, 1.82) is 0 Å². The molecule has 6 heteroatoms. The van der Waals surface area contributed by atoms with Gasteiger partial charge < -0.3 is 15.3 Å².